The molecule has 0 aliphatic heterocycles. The van der Waals surface area contributed by atoms with Crippen LogP contribution in [0.2, 0.25) is 0 Å². The first-order valence-corrected chi connectivity index (χ1v) is 10.9. The lowest BCUT2D eigenvalue weighted by molar-refractivity contribution is 0.683. The van der Waals surface area contributed by atoms with Crippen LogP contribution >= 0.6 is 11.3 Å². The van der Waals surface area contributed by atoms with Gasteiger partial charge in [0.05, 0.1) is 17.1 Å². The van der Waals surface area contributed by atoms with Gasteiger partial charge in [0.25, 0.3) is 0 Å². The minimum atomic E-state index is 0.720. The van der Waals surface area contributed by atoms with E-state index in [4.69, 9.17) is 5.10 Å². The maximum Gasteiger partial charge on any atom is 0.193 e. The van der Waals surface area contributed by atoms with E-state index in [-0.39, 0.29) is 0 Å². The van der Waals surface area contributed by atoms with Crippen LogP contribution in [0, 0.1) is 13.8 Å². The molecule has 5 nitrogen and oxygen atoms in total. The van der Waals surface area contributed by atoms with Crippen LogP contribution in [-0.2, 0) is 13.1 Å². The van der Waals surface area contributed by atoms with Gasteiger partial charge >= 0.3 is 0 Å². The van der Waals surface area contributed by atoms with Crippen LogP contribution in [0.3, 0.4) is 0 Å². The summed E-state index contributed by atoms with van der Waals surface area (Å²) in [5.41, 5.74) is 7.90. The predicted octanol–water partition coefficient (Wildman–Crippen LogP) is 5.16. The Balaban J connectivity index is 1.42. The highest BCUT2D eigenvalue weighted by molar-refractivity contribution is 7.15. The molecule has 0 aliphatic carbocycles. The highest BCUT2D eigenvalue weighted by Gasteiger charge is 2.13. The molecule has 3 aromatic heterocycles. The van der Waals surface area contributed by atoms with E-state index in [1.54, 1.807) is 11.3 Å². The third-order valence-electron chi connectivity index (χ3n) is 5.14. The van der Waals surface area contributed by atoms with E-state index < -0.39 is 0 Å². The first-order valence-electron chi connectivity index (χ1n) is 10.0. The number of aromatic nitrogens is 4. The third-order valence-corrected chi connectivity index (χ3v) is 5.92. The molecule has 1 N–H and O–H groups in total. The van der Waals surface area contributed by atoms with Gasteiger partial charge in [0.1, 0.15) is 0 Å². The van der Waals surface area contributed by atoms with Gasteiger partial charge in [-0.1, -0.05) is 41.5 Å². The summed E-state index contributed by atoms with van der Waals surface area (Å²) in [4.78, 5) is 5.68. The van der Waals surface area contributed by atoms with Gasteiger partial charge in [-0.2, -0.15) is 5.10 Å². The molecule has 0 aliphatic rings. The number of imidazole rings is 1. The van der Waals surface area contributed by atoms with Crippen LogP contribution in [-0.4, -0.2) is 19.2 Å². The molecule has 0 fully saturated rings. The van der Waals surface area contributed by atoms with E-state index in [0.29, 0.717) is 0 Å². The van der Waals surface area contributed by atoms with Gasteiger partial charge in [-0.25, -0.2) is 9.67 Å². The van der Waals surface area contributed by atoms with Crippen molar-refractivity contribution in [2.45, 2.75) is 26.9 Å². The number of hydrogen-bond donors (Lipinski definition) is 1. The molecule has 0 saturated carbocycles. The average Bonchev–Trinajstić information content (AvgIpc) is 3.44. The van der Waals surface area contributed by atoms with Gasteiger partial charge in [0.15, 0.2) is 4.96 Å². The molecule has 0 saturated heterocycles. The molecule has 0 amide bonds. The molecule has 5 rings (SSSR count). The zero-order valence-electron chi connectivity index (χ0n) is 17.0. The summed E-state index contributed by atoms with van der Waals surface area (Å²) in [6.45, 7) is 5.65. The molecule has 30 heavy (non-hydrogen) atoms. The second-order valence-corrected chi connectivity index (χ2v) is 8.45. The average molecular weight is 414 g/mol. The fourth-order valence-electron chi connectivity index (χ4n) is 3.59. The van der Waals surface area contributed by atoms with Crippen LogP contribution in [0.4, 0.5) is 0 Å². The zero-order valence-corrected chi connectivity index (χ0v) is 17.9. The predicted molar refractivity (Wildman–Crippen MR) is 122 cm³/mol. The van der Waals surface area contributed by atoms with E-state index >= 15 is 0 Å². The molecule has 2 aromatic carbocycles. The van der Waals surface area contributed by atoms with Gasteiger partial charge in [0, 0.05) is 48.2 Å². The van der Waals surface area contributed by atoms with Crippen LogP contribution in [0.15, 0.2) is 72.5 Å². The topological polar surface area (TPSA) is 47.2 Å². The van der Waals surface area contributed by atoms with Gasteiger partial charge in [-0.3, -0.25) is 4.40 Å². The lowest BCUT2D eigenvalue weighted by atomic mass is 10.1. The van der Waals surface area contributed by atoms with Gasteiger partial charge in [-0.15, -0.1) is 11.3 Å². The summed E-state index contributed by atoms with van der Waals surface area (Å²) >= 11 is 1.65. The van der Waals surface area contributed by atoms with Crippen LogP contribution in [0.5, 0.6) is 0 Å². The number of rotatable bonds is 6. The first kappa shape index (κ1) is 18.8. The van der Waals surface area contributed by atoms with E-state index in [1.807, 2.05) is 16.3 Å². The molecular formula is C24H23N5S. The number of aryl methyl sites for hydroxylation is 2. The van der Waals surface area contributed by atoms with Crippen LogP contribution in [0.25, 0.3) is 21.9 Å². The Hall–Kier alpha value is -3.22. The fraction of sp³-hybridized carbons (Fsp3) is 0.167. The Morgan fingerprint density at radius 3 is 2.63 bits per heavy atom. The molecule has 6 heteroatoms. The third kappa shape index (κ3) is 3.79. The Bertz CT molecular complexity index is 1260. The minimum Gasteiger partial charge on any atom is -0.307 e. The van der Waals surface area contributed by atoms with Crippen molar-refractivity contribution in [3.05, 3.63) is 94.9 Å². The van der Waals surface area contributed by atoms with Crippen molar-refractivity contribution in [2.75, 3.05) is 0 Å². The monoisotopic (exact) mass is 413 g/mol. The number of benzene rings is 2. The first-order chi connectivity index (χ1) is 14.7. The summed E-state index contributed by atoms with van der Waals surface area (Å²) in [5.74, 6) is 0. The fourth-order valence-corrected chi connectivity index (χ4v) is 4.31. The Kier molecular flexibility index (Phi) is 4.94. The number of hydrogen-bond acceptors (Lipinski definition) is 4. The lowest BCUT2D eigenvalue weighted by Crippen LogP contribution is -2.13. The molecule has 0 bridgehead atoms. The summed E-state index contributed by atoms with van der Waals surface area (Å²) in [7, 11) is 0. The van der Waals surface area contributed by atoms with E-state index in [0.717, 1.165) is 40.7 Å². The summed E-state index contributed by atoms with van der Waals surface area (Å²) < 4.78 is 4.04. The van der Waals surface area contributed by atoms with Crippen molar-refractivity contribution < 1.29 is 0 Å². The van der Waals surface area contributed by atoms with Gasteiger partial charge in [0.2, 0.25) is 0 Å². The van der Waals surface area contributed by atoms with Crippen molar-refractivity contribution in [1.82, 2.24) is 24.5 Å². The van der Waals surface area contributed by atoms with Crippen molar-refractivity contribution in [1.29, 1.82) is 0 Å². The minimum absolute atomic E-state index is 0.720. The molecule has 5 aromatic rings. The molecule has 0 radical (unpaired) electrons. The Morgan fingerprint density at radius 1 is 0.967 bits per heavy atom. The lowest BCUT2D eigenvalue weighted by Gasteiger charge is -2.05. The normalized spacial score (nSPS) is 11.4. The Labute approximate surface area is 179 Å². The summed E-state index contributed by atoms with van der Waals surface area (Å²) in [6, 6.07) is 17.0. The van der Waals surface area contributed by atoms with Gasteiger partial charge < -0.3 is 5.32 Å². The second-order valence-electron chi connectivity index (χ2n) is 7.58. The molecule has 0 unspecified atom stereocenters. The molecular weight excluding hydrogens is 390 g/mol. The maximum absolute atomic E-state index is 4.93. The quantitative estimate of drug-likeness (QED) is 0.418. The SMILES string of the molecule is Cc1ccc(-n2cc(CNCc3cn4ccsc4n3)c(-c3cccc(C)c3)n2)cc1. The second kappa shape index (κ2) is 7.89. The molecule has 3 heterocycles. The van der Waals surface area contributed by atoms with Gasteiger partial charge in [-0.05, 0) is 32.0 Å². The van der Waals surface area contributed by atoms with Crippen LogP contribution in [0.1, 0.15) is 22.4 Å². The van der Waals surface area contributed by atoms with E-state index in [1.165, 1.54) is 16.7 Å². The smallest absolute Gasteiger partial charge is 0.193 e. The highest BCUT2D eigenvalue weighted by atomic mass is 32.1. The van der Waals surface area contributed by atoms with Crippen molar-refractivity contribution >= 4 is 16.3 Å². The number of fused-ring (bicyclic) bond motifs is 1. The number of thiazole rings is 1. The molecule has 0 spiro atoms. The van der Waals surface area contributed by atoms with Crippen molar-refractivity contribution in [3.63, 3.8) is 0 Å². The maximum atomic E-state index is 4.93. The zero-order chi connectivity index (χ0) is 20.5. The molecule has 0 atom stereocenters. The summed E-state index contributed by atoms with van der Waals surface area (Å²) in [6.07, 6.45) is 6.25. The standard InChI is InChI=1S/C24H23N5S/c1-17-6-8-22(9-7-17)29-15-20(23(27-29)19-5-3-4-18(2)12-19)13-25-14-21-16-28-10-11-30-24(28)26-21/h3-12,15-16,25H,13-14H2,1-2H3. The number of nitrogens with one attached hydrogen (secondary N) is 1. The molecule has 150 valence electrons. The number of nitrogens with zero attached hydrogens (tertiary/aromatic N) is 4. The summed E-state index contributed by atoms with van der Waals surface area (Å²) in [5, 5.41) is 10.5. The van der Waals surface area contributed by atoms with Crippen molar-refractivity contribution in [2.24, 2.45) is 0 Å². The van der Waals surface area contributed by atoms with Crippen LogP contribution < -0.4 is 5.32 Å². The van der Waals surface area contributed by atoms with E-state index in [9.17, 15) is 0 Å². The largest absolute Gasteiger partial charge is 0.307 e. The highest BCUT2D eigenvalue weighted by Crippen LogP contribution is 2.25. The Morgan fingerprint density at radius 2 is 1.83 bits per heavy atom. The van der Waals surface area contributed by atoms with Crippen molar-refractivity contribution in [3.8, 4) is 16.9 Å². The van der Waals surface area contributed by atoms with E-state index in [2.05, 4.69) is 89.5 Å².